The van der Waals surface area contributed by atoms with Crippen LogP contribution in [0.5, 0.6) is 0 Å². The molecule has 0 spiro atoms. The van der Waals surface area contributed by atoms with E-state index in [1.165, 1.54) is 6.42 Å². The lowest BCUT2D eigenvalue weighted by Crippen LogP contribution is -2.67. The molecule has 1 heterocycles. The Bertz CT molecular complexity index is 722. The van der Waals surface area contributed by atoms with Crippen LogP contribution >= 0.6 is 0 Å². The number of hydrogen-bond donors (Lipinski definition) is 1. The van der Waals surface area contributed by atoms with Gasteiger partial charge in [0.05, 0.1) is 18.0 Å². The molecule has 0 aliphatic heterocycles. The van der Waals surface area contributed by atoms with Crippen LogP contribution in [0, 0.1) is 17.3 Å². The van der Waals surface area contributed by atoms with Gasteiger partial charge >= 0.3 is 0 Å². The molecule has 3 aliphatic rings. The topological polar surface area (TPSA) is 42.6 Å². The van der Waals surface area contributed by atoms with Gasteiger partial charge in [-0.05, 0) is 55.0 Å². The largest absolute Gasteiger partial charge is 0.464 e. The van der Waals surface area contributed by atoms with Gasteiger partial charge in [-0.25, -0.2) is 0 Å². The summed E-state index contributed by atoms with van der Waals surface area (Å²) in [5.41, 5.74) is 1.82. The molecule has 5 rings (SSSR count). The Morgan fingerprint density at radius 2 is 2.04 bits per heavy atom. The molecule has 1 aromatic carbocycles. The van der Waals surface area contributed by atoms with Gasteiger partial charge in [0.1, 0.15) is 5.58 Å². The Balaban J connectivity index is 1.46. The SMILES string of the molecule is CC1(C)C2CC(O)[C@@](C)(O[B]Cc3coc4ccccc34)[C@H]1C2. The van der Waals surface area contributed by atoms with Crippen LogP contribution in [0.2, 0.25) is 0 Å². The fourth-order valence-electron chi connectivity index (χ4n) is 4.79. The lowest BCUT2D eigenvalue weighted by molar-refractivity contribution is -0.234. The van der Waals surface area contributed by atoms with E-state index in [1.807, 2.05) is 25.7 Å². The van der Waals surface area contributed by atoms with Gasteiger partial charge in [-0.15, -0.1) is 0 Å². The average Bonchev–Trinajstić information content (AvgIpc) is 2.93. The van der Waals surface area contributed by atoms with E-state index in [-0.39, 0.29) is 11.5 Å². The van der Waals surface area contributed by atoms with Crippen molar-refractivity contribution >= 4 is 18.5 Å². The Hall–Kier alpha value is -1.26. The molecule has 2 unspecified atom stereocenters. The molecule has 4 atom stereocenters. The lowest BCUT2D eigenvalue weighted by atomic mass is 9.43. The van der Waals surface area contributed by atoms with E-state index in [0.717, 1.165) is 23.0 Å². The van der Waals surface area contributed by atoms with Crippen LogP contribution in [-0.4, -0.2) is 24.3 Å². The number of aliphatic hydroxyl groups excluding tert-OH is 1. The van der Waals surface area contributed by atoms with Crippen molar-refractivity contribution in [2.45, 2.75) is 51.6 Å². The van der Waals surface area contributed by atoms with Crippen LogP contribution in [0.4, 0.5) is 0 Å². The first-order valence-corrected chi connectivity index (χ1v) is 8.55. The first-order valence-electron chi connectivity index (χ1n) is 8.55. The zero-order chi connectivity index (χ0) is 16.2. The third-order valence-corrected chi connectivity index (χ3v) is 6.53. The van der Waals surface area contributed by atoms with Crippen LogP contribution in [0.1, 0.15) is 39.2 Å². The monoisotopic (exact) mass is 311 g/mol. The fraction of sp³-hybridized carbons (Fsp3) is 0.579. The molecule has 3 fully saturated rings. The van der Waals surface area contributed by atoms with Gasteiger partial charge in [0.15, 0.2) is 0 Å². The van der Waals surface area contributed by atoms with Crippen LogP contribution in [0.15, 0.2) is 34.9 Å². The normalized spacial score (nSPS) is 35.0. The first-order chi connectivity index (χ1) is 10.9. The summed E-state index contributed by atoms with van der Waals surface area (Å²) in [6, 6.07) is 8.04. The van der Waals surface area contributed by atoms with Crippen molar-refractivity contribution in [3.05, 3.63) is 36.1 Å². The van der Waals surface area contributed by atoms with Crippen LogP contribution < -0.4 is 0 Å². The van der Waals surface area contributed by atoms with E-state index in [4.69, 9.17) is 9.07 Å². The number of rotatable bonds is 4. The van der Waals surface area contributed by atoms with Gasteiger partial charge in [0, 0.05) is 5.39 Å². The van der Waals surface area contributed by atoms with Crippen molar-refractivity contribution in [2.75, 3.05) is 0 Å². The molecule has 1 N–H and O–H groups in total. The standard InChI is InChI=1S/C19H24BO3/c1-18(2)13-8-16(18)19(3,17(21)9-13)23-20-10-12-11-22-15-7-5-4-6-14(12)15/h4-7,11,13,16-17,21H,8-10H2,1-3H3/t13?,16-,17?,19-/m0/s1. The van der Waals surface area contributed by atoms with Gasteiger partial charge in [-0.2, -0.15) is 0 Å². The third-order valence-electron chi connectivity index (χ3n) is 6.53. The predicted octanol–water partition coefficient (Wildman–Crippen LogP) is 3.75. The second-order valence-electron chi connectivity index (χ2n) is 7.99. The minimum Gasteiger partial charge on any atom is -0.464 e. The molecule has 3 aliphatic carbocycles. The van der Waals surface area contributed by atoms with Gasteiger partial charge in [-0.3, -0.25) is 0 Å². The quantitative estimate of drug-likeness (QED) is 0.874. The predicted molar refractivity (Wildman–Crippen MR) is 91.2 cm³/mol. The van der Waals surface area contributed by atoms with Crippen LogP contribution in [-0.2, 0) is 11.0 Å². The molecule has 3 nitrogen and oxygen atoms in total. The highest BCUT2D eigenvalue weighted by molar-refractivity contribution is 6.27. The summed E-state index contributed by atoms with van der Waals surface area (Å²) in [7, 11) is 1.86. The molecule has 121 valence electrons. The summed E-state index contributed by atoms with van der Waals surface area (Å²) in [4.78, 5) is 0. The van der Waals surface area contributed by atoms with E-state index in [9.17, 15) is 5.11 Å². The second-order valence-corrected chi connectivity index (χ2v) is 7.99. The van der Waals surface area contributed by atoms with Gasteiger partial charge in [-0.1, -0.05) is 32.0 Å². The number of furan rings is 1. The van der Waals surface area contributed by atoms with Crippen molar-refractivity contribution in [3.8, 4) is 0 Å². The summed E-state index contributed by atoms with van der Waals surface area (Å²) in [6.45, 7) is 6.69. The average molecular weight is 311 g/mol. The molecule has 0 saturated heterocycles. The summed E-state index contributed by atoms with van der Waals surface area (Å²) < 4.78 is 11.7. The van der Waals surface area contributed by atoms with Gasteiger partial charge < -0.3 is 14.2 Å². The minimum absolute atomic E-state index is 0.268. The maximum Gasteiger partial charge on any atom is 0.298 e. The molecule has 3 saturated carbocycles. The molecule has 4 heteroatoms. The molecular formula is C19H24BO3. The van der Waals surface area contributed by atoms with E-state index in [2.05, 4.69) is 26.8 Å². The molecule has 2 bridgehead atoms. The molecule has 1 radical (unpaired) electrons. The summed E-state index contributed by atoms with van der Waals surface area (Å²) in [5.74, 6) is 1.05. The Morgan fingerprint density at radius 1 is 1.26 bits per heavy atom. The van der Waals surface area contributed by atoms with Gasteiger partial charge in [0.25, 0.3) is 7.48 Å². The smallest absolute Gasteiger partial charge is 0.298 e. The Kier molecular flexibility index (Phi) is 3.40. The maximum atomic E-state index is 10.5. The van der Waals surface area contributed by atoms with Gasteiger partial charge in [0.2, 0.25) is 0 Å². The Morgan fingerprint density at radius 3 is 2.83 bits per heavy atom. The summed E-state index contributed by atoms with van der Waals surface area (Å²) in [5, 5.41) is 11.7. The molecule has 0 amide bonds. The highest BCUT2D eigenvalue weighted by Crippen LogP contribution is 2.63. The highest BCUT2D eigenvalue weighted by atomic mass is 16.5. The van der Waals surface area contributed by atoms with Crippen LogP contribution in [0.25, 0.3) is 11.0 Å². The van der Waals surface area contributed by atoms with Crippen molar-refractivity contribution in [3.63, 3.8) is 0 Å². The zero-order valence-corrected chi connectivity index (χ0v) is 14.1. The van der Waals surface area contributed by atoms with Crippen molar-refractivity contribution < 1.29 is 14.2 Å². The van der Waals surface area contributed by atoms with E-state index in [1.54, 1.807) is 6.26 Å². The van der Waals surface area contributed by atoms with E-state index >= 15 is 0 Å². The highest BCUT2D eigenvalue weighted by Gasteiger charge is 2.63. The van der Waals surface area contributed by atoms with E-state index < -0.39 is 5.60 Å². The molecule has 1 aromatic heterocycles. The lowest BCUT2D eigenvalue weighted by Gasteiger charge is -2.65. The Labute approximate surface area is 138 Å². The molecular weight excluding hydrogens is 287 g/mol. The van der Waals surface area contributed by atoms with Crippen molar-refractivity contribution in [1.82, 2.24) is 0 Å². The molecule has 23 heavy (non-hydrogen) atoms. The number of fused-ring (bicyclic) bond motifs is 3. The van der Waals surface area contributed by atoms with Crippen molar-refractivity contribution in [2.24, 2.45) is 17.3 Å². The summed E-state index contributed by atoms with van der Waals surface area (Å²) in [6.07, 6.45) is 4.13. The number of hydrogen-bond acceptors (Lipinski definition) is 3. The van der Waals surface area contributed by atoms with Crippen LogP contribution in [0.3, 0.4) is 0 Å². The number of aliphatic hydroxyl groups is 1. The minimum atomic E-state index is -0.474. The van der Waals surface area contributed by atoms with Crippen molar-refractivity contribution in [1.29, 1.82) is 0 Å². The maximum absolute atomic E-state index is 10.5. The third kappa shape index (κ3) is 2.19. The number of benzene rings is 1. The second kappa shape index (κ2) is 5.12. The molecule has 2 aromatic rings. The fourth-order valence-corrected chi connectivity index (χ4v) is 4.79. The zero-order valence-electron chi connectivity index (χ0n) is 14.1. The number of para-hydroxylation sites is 1. The first kappa shape index (κ1) is 15.3. The summed E-state index contributed by atoms with van der Waals surface area (Å²) >= 11 is 0. The van der Waals surface area contributed by atoms with E-state index in [0.29, 0.717) is 18.2 Å².